The average molecular weight is 244 g/mol. The van der Waals surface area contributed by atoms with Gasteiger partial charge in [0, 0.05) is 0 Å². The summed E-state index contributed by atoms with van der Waals surface area (Å²) >= 11 is 3.36. The molecule has 0 spiro atoms. The molecule has 0 aliphatic rings. The maximum Gasteiger partial charge on any atom is 0.132 e. The SMILES string of the molecule is Cc1cc(CCN)c(C)c(Br)c1O. The highest BCUT2D eigenvalue weighted by Crippen LogP contribution is 2.33. The van der Waals surface area contributed by atoms with Gasteiger partial charge in [0.2, 0.25) is 0 Å². The van der Waals surface area contributed by atoms with Gasteiger partial charge >= 0.3 is 0 Å². The minimum atomic E-state index is 0.332. The van der Waals surface area contributed by atoms with Crippen molar-refractivity contribution in [2.45, 2.75) is 20.3 Å². The molecule has 1 aromatic rings. The molecule has 0 aliphatic carbocycles. The van der Waals surface area contributed by atoms with Gasteiger partial charge in [-0.25, -0.2) is 0 Å². The topological polar surface area (TPSA) is 46.2 Å². The van der Waals surface area contributed by atoms with Crippen LogP contribution in [0.25, 0.3) is 0 Å². The Kier molecular flexibility index (Phi) is 3.33. The lowest BCUT2D eigenvalue weighted by Crippen LogP contribution is -2.04. The van der Waals surface area contributed by atoms with Gasteiger partial charge in [-0.3, -0.25) is 0 Å². The van der Waals surface area contributed by atoms with Crippen LogP contribution in [0.4, 0.5) is 0 Å². The van der Waals surface area contributed by atoms with Crippen molar-refractivity contribution >= 4 is 15.9 Å². The highest BCUT2D eigenvalue weighted by atomic mass is 79.9. The summed E-state index contributed by atoms with van der Waals surface area (Å²) in [7, 11) is 0. The van der Waals surface area contributed by atoms with E-state index in [2.05, 4.69) is 15.9 Å². The zero-order valence-electron chi connectivity index (χ0n) is 7.89. The smallest absolute Gasteiger partial charge is 0.132 e. The second kappa shape index (κ2) is 4.11. The van der Waals surface area contributed by atoms with Gasteiger partial charge in [-0.15, -0.1) is 0 Å². The third kappa shape index (κ3) is 2.03. The van der Waals surface area contributed by atoms with Gasteiger partial charge in [-0.1, -0.05) is 6.07 Å². The van der Waals surface area contributed by atoms with E-state index in [1.807, 2.05) is 19.9 Å². The third-order valence-corrected chi connectivity index (χ3v) is 3.17. The Morgan fingerprint density at radius 1 is 1.46 bits per heavy atom. The fourth-order valence-electron chi connectivity index (χ4n) is 1.34. The number of phenols is 1. The lowest BCUT2D eigenvalue weighted by molar-refractivity contribution is 0.466. The molecule has 2 nitrogen and oxygen atoms in total. The lowest BCUT2D eigenvalue weighted by atomic mass is 10.0. The molecule has 13 heavy (non-hydrogen) atoms. The Labute approximate surface area is 86.9 Å². The molecular weight excluding hydrogens is 230 g/mol. The molecule has 0 atom stereocenters. The maximum atomic E-state index is 9.60. The molecule has 3 heteroatoms. The number of benzene rings is 1. The van der Waals surface area contributed by atoms with Gasteiger partial charge in [0.05, 0.1) is 4.47 Å². The third-order valence-electron chi connectivity index (χ3n) is 2.20. The first kappa shape index (κ1) is 10.5. The van der Waals surface area contributed by atoms with Crippen LogP contribution in [-0.4, -0.2) is 11.7 Å². The molecule has 0 aromatic heterocycles. The normalized spacial score (nSPS) is 10.5. The van der Waals surface area contributed by atoms with E-state index < -0.39 is 0 Å². The molecule has 3 N–H and O–H groups in total. The Hall–Kier alpha value is -0.540. The second-order valence-corrected chi connectivity index (χ2v) is 3.97. The molecule has 0 unspecified atom stereocenters. The number of nitrogens with two attached hydrogens (primary N) is 1. The van der Waals surface area contributed by atoms with Crippen LogP contribution >= 0.6 is 15.9 Å². The summed E-state index contributed by atoms with van der Waals surface area (Å²) in [5.74, 6) is 0.332. The van der Waals surface area contributed by atoms with Crippen molar-refractivity contribution < 1.29 is 5.11 Å². The zero-order chi connectivity index (χ0) is 10.0. The molecule has 0 heterocycles. The fourth-order valence-corrected chi connectivity index (χ4v) is 1.91. The number of rotatable bonds is 2. The first-order valence-corrected chi connectivity index (χ1v) is 5.04. The van der Waals surface area contributed by atoms with Gasteiger partial charge in [-0.05, 0) is 59.4 Å². The van der Waals surface area contributed by atoms with E-state index in [9.17, 15) is 5.11 Å². The first-order chi connectivity index (χ1) is 6.07. The number of aryl methyl sites for hydroxylation is 1. The summed E-state index contributed by atoms with van der Waals surface area (Å²) in [6, 6.07) is 1.99. The first-order valence-electron chi connectivity index (χ1n) is 4.25. The van der Waals surface area contributed by atoms with E-state index in [4.69, 9.17) is 5.73 Å². The lowest BCUT2D eigenvalue weighted by Gasteiger charge is -2.10. The number of hydrogen-bond donors (Lipinski definition) is 2. The second-order valence-electron chi connectivity index (χ2n) is 3.18. The maximum absolute atomic E-state index is 9.60. The fraction of sp³-hybridized carbons (Fsp3) is 0.400. The Morgan fingerprint density at radius 2 is 2.08 bits per heavy atom. The summed E-state index contributed by atoms with van der Waals surface area (Å²) in [5.41, 5.74) is 8.66. The van der Waals surface area contributed by atoms with E-state index in [1.54, 1.807) is 0 Å². The summed E-state index contributed by atoms with van der Waals surface area (Å²) in [4.78, 5) is 0. The van der Waals surface area contributed by atoms with Gasteiger partial charge in [0.25, 0.3) is 0 Å². The minimum absolute atomic E-state index is 0.332. The van der Waals surface area contributed by atoms with Crippen molar-refractivity contribution in [1.29, 1.82) is 0 Å². The summed E-state index contributed by atoms with van der Waals surface area (Å²) in [6.07, 6.45) is 0.853. The van der Waals surface area contributed by atoms with E-state index in [0.29, 0.717) is 12.3 Å². The van der Waals surface area contributed by atoms with E-state index in [1.165, 1.54) is 5.56 Å². The van der Waals surface area contributed by atoms with E-state index in [-0.39, 0.29) is 0 Å². The van der Waals surface area contributed by atoms with Crippen molar-refractivity contribution in [3.8, 4) is 5.75 Å². The molecular formula is C10H14BrNO. The van der Waals surface area contributed by atoms with Crippen LogP contribution in [0.15, 0.2) is 10.5 Å². The predicted molar refractivity (Wildman–Crippen MR) is 58.0 cm³/mol. The van der Waals surface area contributed by atoms with Gasteiger partial charge in [0.1, 0.15) is 5.75 Å². The molecule has 72 valence electrons. The average Bonchev–Trinajstić information content (AvgIpc) is 2.11. The number of halogens is 1. The highest BCUT2D eigenvalue weighted by Gasteiger charge is 2.09. The Bertz CT molecular complexity index is 323. The van der Waals surface area contributed by atoms with Crippen molar-refractivity contribution in [3.05, 3.63) is 27.2 Å². The van der Waals surface area contributed by atoms with Crippen LogP contribution in [0.1, 0.15) is 16.7 Å². The summed E-state index contributed by atoms with van der Waals surface area (Å²) in [6.45, 7) is 4.51. The summed E-state index contributed by atoms with van der Waals surface area (Å²) in [5, 5.41) is 9.60. The van der Waals surface area contributed by atoms with Crippen LogP contribution in [0.5, 0.6) is 5.75 Å². The molecule has 0 bridgehead atoms. The molecule has 0 radical (unpaired) electrons. The Morgan fingerprint density at radius 3 is 2.62 bits per heavy atom. The quantitative estimate of drug-likeness (QED) is 0.838. The van der Waals surface area contributed by atoms with Gasteiger partial charge in [-0.2, -0.15) is 0 Å². The molecule has 0 amide bonds. The minimum Gasteiger partial charge on any atom is -0.506 e. The molecule has 0 fully saturated rings. The van der Waals surface area contributed by atoms with Crippen molar-refractivity contribution in [2.75, 3.05) is 6.54 Å². The van der Waals surface area contributed by atoms with Gasteiger partial charge < -0.3 is 10.8 Å². The van der Waals surface area contributed by atoms with Crippen LogP contribution < -0.4 is 5.73 Å². The van der Waals surface area contributed by atoms with Gasteiger partial charge in [0.15, 0.2) is 0 Å². The van der Waals surface area contributed by atoms with Crippen molar-refractivity contribution in [1.82, 2.24) is 0 Å². The van der Waals surface area contributed by atoms with Crippen molar-refractivity contribution in [2.24, 2.45) is 5.73 Å². The monoisotopic (exact) mass is 243 g/mol. The summed E-state index contributed by atoms with van der Waals surface area (Å²) < 4.78 is 0.788. The zero-order valence-corrected chi connectivity index (χ0v) is 9.48. The molecule has 1 aromatic carbocycles. The predicted octanol–water partition coefficient (Wildman–Crippen LogP) is 2.27. The van der Waals surface area contributed by atoms with Crippen molar-refractivity contribution in [3.63, 3.8) is 0 Å². The number of phenolic OH excluding ortho intramolecular Hbond substituents is 1. The largest absolute Gasteiger partial charge is 0.506 e. The van der Waals surface area contributed by atoms with E-state index >= 15 is 0 Å². The van der Waals surface area contributed by atoms with Crippen LogP contribution in [0.2, 0.25) is 0 Å². The number of aromatic hydroxyl groups is 1. The molecule has 0 aliphatic heterocycles. The number of hydrogen-bond acceptors (Lipinski definition) is 2. The molecule has 0 saturated heterocycles. The standard InChI is InChI=1S/C10H14BrNO/c1-6-5-8(3-4-12)7(2)9(11)10(6)13/h5,13H,3-4,12H2,1-2H3. The van der Waals surface area contributed by atoms with Crippen LogP contribution in [0, 0.1) is 13.8 Å². The Balaban J connectivity index is 3.24. The highest BCUT2D eigenvalue weighted by molar-refractivity contribution is 9.10. The van der Waals surface area contributed by atoms with E-state index in [0.717, 1.165) is 22.0 Å². The van der Waals surface area contributed by atoms with Crippen LogP contribution in [-0.2, 0) is 6.42 Å². The van der Waals surface area contributed by atoms with Crippen LogP contribution in [0.3, 0.4) is 0 Å². The molecule has 1 rings (SSSR count). The molecule has 0 saturated carbocycles.